The Balaban J connectivity index is 2.34. The summed E-state index contributed by atoms with van der Waals surface area (Å²) in [6.07, 6.45) is 3.28. The molecule has 0 amide bonds. The Labute approximate surface area is 133 Å². The number of rotatable bonds is 3. The molecule has 0 fully saturated rings. The smallest absolute Gasteiger partial charge is 0.258 e. The Morgan fingerprint density at radius 1 is 0.870 bits per heavy atom. The Hall–Kier alpha value is -3.15. The molecule has 23 heavy (non-hydrogen) atoms. The molecule has 0 saturated carbocycles. The maximum atomic E-state index is 11.5. The summed E-state index contributed by atoms with van der Waals surface area (Å²) in [7, 11) is 0. The van der Waals surface area contributed by atoms with Gasteiger partial charge in [-0.15, -0.1) is 0 Å². The van der Waals surface area contributed by atoms with Gasteiger partial charge in [0, 0.05) is 12.4 Å². The quantitative estimate of drug-likeness (QED) is 0.544. The third-order valence-corrected chi connectivity index (χ3v) is 3.64. The summed E-state index contributed by atoms with van der Waals surface area (Å²) in [5, 5.41) is 11.5. The molecule has 0 spiro atoms. The van der Waals surface area contributed by atoms with Gasteiger partial charge in [0.25, 0.3) is 5.69 Å². The van der Waals surface area contributed by atoms with Crippen molar-refractivity contribution in [2.75, 3.05) is 0 Å². The summed E-state index contributed by atoms with van der Waals surface area (Å²) in [6.45, 7) is 3.40. The molecule has 0 saturated heterocycles. The van der Waals surface area contributed by atoms with Crippen LogP contribution < -0.4 is 0 Å². The first kappa shape index (κ1) is 14.8. The topological polar surface area (TPSA) is 81.8 Å². The van der Waals surface area contributed by atoms with E-state index in [1.165, 1.54) is 0 Å². The van der Waals surface area contributed by atoms with E-state index in [0.29, 0.717) is 33.9 Å². The predicted octanol–water partition coefficient (Wildman–Crippen LogP) is 3.73. The van der Waals surface area contributed by atoms with Gasteiger partial charge >= 0.3 is 0 Å². The second kappa shape index (κ2) is 5.92. The van der Waals surface area contributed by atoms with E-state index in [1.807, 2.05) is 12.1 Å². The van der Waals surface area contributed by atoms with Crippen LogP contribution in [0.1, 0.15) is 11.1 Å². The summed E-state index contributed by atoms with van der Waals surface area (Å²) in [5.74, 6) is 0. The van der Waals surface area contributed by atoms with Crippen molar-refractivity contribution in [2.45, 2.75) is 13.8 Å². The van der Waals surface area contributed by atoms with Gasteiger partial charge in [0.1, 0.15) is 0 Å². The van der Waals surface area contributed by atoms with Crippen molar-refractivity contribution in [3.8, 4) is 22.8 Å². The van der Waals surface area contributed by atoms with Crippen molar-refractivity contribution in [1.29, 1.82) is 0 Å². The van der Waals surface area contributed by atoms with Gasteiger partial charge in [-0.3, -0.25) is 20.1 Å². The van der Waals surface area contributed by atoms with Gasteiger partial charge in [-0.1, -0.05) is 12.1 Å². The number of aromatic nitrogens is 3. The first-order valence-corrected chi connectivity index (χ1v) is 7.08. The number of nitro groups is 1. The molecule has 0 unspecified atom stereocenters. The Kier molecular flexibility index (Phi) is 3.80. The van der Waals surface area contributed by atoms with Crippen LogP contribution in [0.4, 0.5) is 5.69 Å². The summed E-state index contributed by atoms with van der Waals surface area (Å²) in [5.41, 5.74) is 3.28. The van der Waals surface area contributed by atoms with E-state index in [1.54, 1.807) is 50.5 Å². The highest BCUT2D eigenvalue weighted by Gasteiger charge is 2.25. The molecule has 0 aliphatic heterocycles. The standard InChI is InChI=1S/C17H14N4O2/c1-11-15(13-7-3-5-9-18-13)20-16(12(2)17(11)21(22)23)14-8-4-6-10-19-14/h3-10H,1-2H3. The minimum absolute atomic E-state index is 0.0568. The highest BCUT2D eigenvalue weighted by Crippen LogP contribution is 2.35. The van der Waals surface area contributed by atoms with Crippen LogP contribution in [-0.2, 0) is 0 Å². The summed E-state index contributed by atoms with van der Waals surface area (Å²) in [6, 6.07) is 10.8. The first-order chi connectivity index (χ1) is 11.1. The molecule has 0 bridgehead atoms. The lowest BCUT2D eigenvalue weighted by Crippen LogP contribution is -2.04. The molecule has 0 N–H and O–H groups in total. The number of nitrogens with zero attached hydrogens (tertiary/aromatic N) is 4. The van der Waals surface area contributed by atoms with Gasteiger partial charge < -0.3 is 0 Å². The highest BCUT2D eigenvalue weighted by molar-refractivity contribution is 5.74. The van der Waals surface area contributed by atoms with Gasteiger partial charge in [-0.25, -0.2) is 4.98 Å². The summed E-state index contributed by atoms with van der Waals surface area (Å²) in [4.78, 5) is 24.3. The van der Waals surface area contributed by atoms with Gasteiger partial charge in [0.05, 0.1) is 38.8 Å². The number of hydrogen-bond acceptors (Lipinski definition) is 5. The average molecular weight is 306 g/mol. The van der Waals surface area contributed by atoms with E-state index in [0.717, 1.165) is 0 Å². The van der Waals surface area contributed by atoms with Crippen LogP contribution in [0.25, 0.3) is 22.8 Å². The van der Waals surface area contributed by atoms with Crippen LogP contribution in [0.2, 0.25) is 0 Å². The maximum Gasteiger partial charge on any atom is 0.279 e. The van der Waals surface area contributed by atoms with Crippen LogP contribution >= 0.6 is 0 Å². The van der Waals surface area contributed by atoms with E-state index in [4.69, 9.17) is 0 Å². The van der Waals surface area contributed by atoms with Crippen molar-refractivity contribution in [2.24, 2.45) is 0 Å². The third kappa shape index (κ3) is 2.66. The predicted molar refractivity (Wildman–Crippen MR) is 86.8 cm³/mol. The van der Waals surface area contributed by atoms with Gasteiger partial charge in [0.2, 0.25) is 0 Å². The number of hydrogen-bond donors (Lipinski definition) is 0. The number of pyridine rings is 3. The zero-order valence-electron chi connectivity index (χ0n) is 12.7. The molecule has 0 atom stereocenters. The minimum atomic E-state index is -0.370. The zero-order valence-corrected chi connectivity index (χ0v) is 12.7. The molecule has 3 rings (SSSR count). The van der Waals surface area contributed by atoms with Gasteiger partial charge in [-0.05, 0) is 38.1 Å². The fraction of sp³-hybridized carbons (Fsp3) is 0.118. The monoisotopic (exact) mass is 306 g/mol. The molecule has 3 heterocycles. The maximum absolute atomic E-state index is 11.5. The van der Waals surface area contributed by atoms with Gasteiger partial charge in [0.15, 0.2) is 0 Å². The molecule has 3 aromatic heterocycles. The lowest BCUT2D eigenvalue weighted by atomic mass is 10.0. The second-order valence-corrected chi connectivity index (χ2v) is 5.09. The van der Waals surface area contributed by atoms with Crippen molar-refractivity contribution in [1.82, 2.24) is 15.0 Å². The fourth-order valence-corrected chi connectivity index (χ4v) is 2.56. The van der Waals surface area contributed by atoms with E-state index in [9.17, 15) is 10.1 Å². The third-order valence-electron chi connectivity index (χ3n) is 3.64. The van der Waals surface area contributed by atoms with Crippen LogP contribution in [0.5, 0.6) is 0 Å². The molecule has 114 valence electrons. The zero-order chi connectivity index (χ0) is 16.4. The fourth-order valence-electron chi connectivity index (χ4n) is 2.56. The van der Waals surface area contributed by atoms with Crippen molar-refractivity contribution < 1.29 is 4.92 Å². The SMILES string of the molecule is Cc1c(-c2ccccn2)nc(-c2ccccn2)c(C)c1[N+](=O)[O-]. The minimum Gasteiger partial charge on any atom is -0.258 e. The molecule has 0 aliphatic rings. The molecule has 6 nitrogen and oxygen atoms in total. The van der Waals surface area contributed by atoms with E-state index in [2.05, 4.69) is 15.0 Å². The Bertz CT molecular complexity index is 801. The molecular formula is C17H14N4O2. The lowest BCUT2D eigenvalue weighted by molar-refractivity contribution is -0.386. The molecule has 6 heteroatoms. The van der Waals surface area contributed by atoms with E-state index < -0.39 is 0 Å². The largest absolute Gasteiger partial charge is 0.279 e. The summed E-state index contributed by atoms with van der Waals surface area (Å²) >= 11 is 0. The van der Waals surface area contributed by atoms with Crippen molar-refractivity contribution in [3.05, 3.63) is 70.0 Å². The molecule has 0 aromatic carbocycles. The van der Waals surface area contributed by atoms with Crippen molar-refractivity contribution >= 4 is 5.69 Å². The summed E-state index contributed by atoms with van der Waals surface area (Å²) < 4.78 is 0. The molecule has 0 aliphatic carbocycles. The molecule has 0 radical (unpaired) electrons. The first-order valence-electron chi connectivity index (χ1n) is 7.08. The van der Waals surface area contributed by atoms with E-state index >= 15 is 0 Å². The lowest BCUT2D eigenvalue weighted by Gasteiger charge is -2.12. The molecule has 3 aromatic rings. The van der Waals surface area contributed by atoms with Crippen LogP contribution in [0.3, 0.4) is 0 Å². The van der Waals surface area contributed by atoms with Crippen molar-refractivity contribution in [3.63, 3.8) is 0 Å². The van der Waals surface area contributed by atoms with Gasteiger partial charge in [-0.2, -0.15) is 0 Å². The average Bonchev–Trinajstić information content (AvgIpc) is 2.56. The Morgan fingerprint density at radius 3 is 1.70 bits per heavy atom. The second-order valence-electron chi connectivity index (χ2n) is 5.09. The van der Waals surface area contributed by atoms with E-state index in [-0.39, 0.29) is 10.6 Å². The molecular weight excluding hydrogens is 292 g/mol. The Morgan fingerprint density at radius 2 is 1.35 bits per heavy atom. The van der Waals surface area contributed by atoms with Crippen LogP contribution in [0.15, 0.2) is 48.8 Å². The van der Waals surface area contributed by atoms with Crippen LogP contribution in [-0.4, -0.2) is 19.9 Å². The van der Waals surface area contributed by atoms with Crippen LogP contribution in [0, 0.1) is 24.0 Å². The highest BCUT2D eigenvalue weighted by atomic mass is 16.6. The normalized spacial score (nSPS) is 10.5.